The van der Waals surface area contributed by atoms with Crippen molar-refractivity contribution in [2.75, 3.05) is 16.8 Å². The minimum atomic E-state index is -4.35. The number of halogens is 5. The fourth-order valence-electron chi connectivity index (χ4n) is 1.46. The maximum absolute atomic E-state index is 13.7. The van der Waals surface area contributed by atoms with Crippen LogP contribution in [0.3, 0.4) is 0 Å². The first-order valence-corrected chi connectivity index (χ1v) is 5.36. The minimum absolute atomic E-state index is 0.0688. The predicted octanol–water partition coefficient (Wildman–Crippen LogP) is 3.40. The molecule has 1 aromatic rings. The SMILES string of the molecule is CC(CC(F)(F)F)Nc1c(N)cc(N)c(Cl)c1F. The largest absolute Gasteiger partial charge is 0.397 e. The molecule has 5 N–H and O–H groups in total. The molecule has 3 nitrogen and oxygen atoms in total. The Balaban J connectivity index is 2.95. The molecular weight excluding hydrogens is 274 g/mol. The Bertz CT molecular complexity index is 448. The molecule has 1 unspecified atom stereocenters. The predicted molar refractivity (Wildman–Crippen MR) is 64.0 cm³/mol. The molecule has 0 aromatic heterocycles. The Hall–Kier alpha value is -1.37. The molecule has 0 bridgehead atoms. The van der Waals surface area contributed by atoms with Crippen LogP contribution in [0.15, 0.2) is 6.07 Å². The molecule has 0 aliphatic heterocycles. The zero-order chi connectivity index (χ0) is 14.1. The second-order valence-electron chi connectivity index (χ2n) is 3.92. The van der Waals surface area contributed by atoms with Crippen molar-refractivity contribution in [3.63, 3.8) is 0 Å². The van der Waals surface area contributed by atoms with Crippen molar-refractivity contribution in [1.82, 2.24) is 0 Å². The third kappa shape index (κ3) is 3.56. The van der Waals surface area contributed by atoms with Gasteiger partial charge in [0, 0.05) is 6.04 Å². The Labute approximate surface area is 106 Å². The van der Waals surface area contributed by atoms with Gasteiger partial charge in [-0.1, -0.05) is 11.6 Å². The van der Waals surface area contributed by atoms with E-state index in [1.807, 2.05) is 0 Å². The first-order chi connectivity index (χ1) is 8.11. The van der Waals surface area contributed by atoms with Gasteiger partial charge in [-0.25, -0.2) is 4.39 Å². The zero-order valence-electron chi connectivity index (χ0n) is 9.41. The van der Waals surface area contributed by atoms with E-state index in [1.165, 1.54) is 13.0 Å². The van der Waals surface area contributed by atoms with Gasteiger partial charge >= 0.3 is 6.18 Å². The highest BCUT2D eigenvalue weighted by Crippen LogP contribution is 2.34. The van der Waals surface area contributed by atoms with Crippen LogP contribution in [0.5, 0.6) is 0 Å². The number of hydrogen-bond donors (Lipinski definition) is 3. The maximum atomic E-state index is 13.7. The van der Waals surface area contributed by atoms with Crippen LogP contribution in [0.1, 0.15) is 13.3 Å². The standard InChI is InChI=1S/C10H12ClF4N3/c1-4(3-10(13,14)15)18-9-6(17)2-5(16)7(11)8(9)12/h2,4,18H,3,16-17H2,1H3. The quantitative estimate of drug-likeness (QED) is 0.589. The molecule has 1 aromatic carbocycles. The molecule has 0 fully saturated rings. The summed E-state index contributed by atoms with van der Waals surface area (Å²) in [7, 11) is 0. The molecule has 0 saturated carbocycles. The molecule has 1 rings (SSSR count). The summed E-state index contributed by atoms with van der Waals surface area (Å²) in [6.45, 7) is 1.26. The monoisotopic (exact) mass is 285 g/mol. The summed E-state index contributed by atoms with van der Waals surface area (Å²) in [6.07, 6.45) is -5.47. The second-order valence-corrected chi connectivity index (χ2v) is 4.30. The van der Waals surface area contributed by atoms with E-state index in [9.17, 15) is 17.6 Å². The molecule has 0 spiro atoms. The highest BCUT2D eigenvalue weighted by atomic mass is 35.5. The van der Waals surface area contributed by atoms with E-state index in [4.69, 9.17) is 23.1 Å². The summed E-state index contributed by atoms with van der Waals surface area (Å²) >= 11 is 5.55. The molecular formula is C10H12ClF4N3. The van der Waals surface area contributed by atoms with E-state index in [0.29, 0.717) is 0 Å². The van der Waals surface area contributed by atoms with Gasteiger partial charge in [-0.2, -0.15) is 13.2 Å². The molecule has 8 heteroatoms. The number of hydrogen-bond acceptors (Lipinski definition) is 3. The summed E-state index contributed by atoms with van der Waals surface area (Å²) < 4.78 is 50.1. The molecule has 0 amide bonds. The first-order valence-electron chi connectivity index (χ1n) is 4.98. The van der Waals surface area contributed by atoms with Crippen molar-refractivity contribution >= 4 is 28.7 Å². The lowest BCUT2D eigenvalue weighted by molar-refractivity contribution is -0.136. The molecule has 0 saturated heterocycles. The Kier molecular flexibility index (Phi) is 4.16. The average Bonchev–Trinajstić information content (AvgIpc) is 2.19. The lowest BCUT2D eigenvalue weighted by Crippen LogP contribution is -2.25. The molecule has 1 atom stereocenters. The van der Waals surface area contributed by atoms with E-state index in [-0.39, 0.29) is 22.1 Å². The van der Waals surface area contributed by atoms with Crippen LogP contribution in [-0.4, -0.2) is 12.2 Å². The summed E-state index contributed by atoms with van der Waals surface area (Å²) in [5.74, 6) is -0.955. The van der Waals surface area contributed by atoms with Gasteiger partial charge in [0.25, 0.3) is 0 Å². The van der Waals surface area contributed by atoms with Crippen LogP contribution in [0, 0.1) is 5.82 Å². The van der Waals surface area contributed by atoms with Gasteiger partial charge < -0.3 is 16.8 Å². The van der Waals surface area contributed by atoms with Crippen molar-refractivity contribution in [3.05, 3.63) is 16.9 Å². The van der Waals surface area contributed by atoms with Crippen molar-refractivity contribution in [1.29, 1.82) is 0 Å². The molecule has 0 aliphatic rings. The molecule has 0 heterocycles. The van der Waals surface area contributed by atoms with Gasteiger partial charge in [0.2, 0.25) is 0 Å². The highest BCUT2D eigenvalue weighted by Gasteiger charge is 2.30. The molecule has 18 heavy (non-hydrogen) atoms. The zero-order valence-corrected chi connectivity index (χ0v) is 10.2. The van der Waals surface area contributed by atoms with Crippen molar-refractivity contribution in [2.45, 2.75) is 25.6 Å². The van der Waals surface area contributed by atoms with Gasteiger partial charge in [-0.3, -0.25) is 0 Å². The first kappa shape index (κ1) is 14.7. The van der Waals surface area contributed by atoms with Crippen LogP contribution in [-0.2, 0) is 0 Å². The van der Waals surface area contributed by atoms with Crippen LogP contribution in [0.4, 0.5) is 34.6 Å². The van der Waals surface area contributed by atoms with E-state index in [0.717, 1.165) is 0 Å². The van der Waals surface area contributed by atoms with E-state index in [2.05, 4.69) is 5.32 Å². The number of benzene rings is 1. The van der Waals surface area contributed by atoms with Crippen LogP contribution in [0.2, 0.25) is 5.02 Å². The van der Waals surface area contributed by atoms with Crippen molar-refractivity contribution in [2.24, 2.45) is 0 Å². The van der Waals surface area contributed by atoms with Crippen LogP contribution >= 0.6 is 11.6 Å². The van der Waals surface area contributed by atoms with Gasteiger partial charge in [-0.05, 0) is 13.0 Å². The molecule has 0 radical (unpaired) electrons. The lowest BCUT2D eigenvalue weighted by atomic mass is 10.2. The van der Waals surface area contributed by atoms with E-state index >= 15 is 0 Å². The fourth-order valence-corrected chi connectivity index (χ4v) is 1.61. The number of rotatable bonds is 3. The fraction of sp³-hybridized carbons (Fsp3) is 0.400. The average molecular weight is 286 g/mol. The lowest BCUT2D eigenvalue weighted by Gasteiger charge is -2.19. The van der Waals surface area contributed by atoms with Gasteiger partial charge in [0.05, 0.1) is 23.5 Å². The van der Waals surface area contributed by atoms with Crippen molar-refractivity contribution in [3.8, 4) is 0 Å². The number of anilines is 3. The normalized spacial score (nSPS) is 13.4. The van der Waals surface area contributed by atoms with Crippen LogP contribution in [0.25, 0.3) is 0 Å². The topological polar surface area (TPSA) is 64.1 Å². The Morgan fingerprint density at radius 3 is 2.39 bits per heavy atom. The number of alkyl halides is 3. The summed E-state index contributed by atoms with van der Waals surface area (Å²) in [4.78, 5) is 0. The summed E-state index contributed by atoms with van der Waals surface area (Å²) in [5.41, 5.74) is 10.4. The summed E-state index contributed by atoms with van der Waals surface area (Å²) in [5, 5.41) is 1.97. The maximum Gasteiger partial charge on any atom is 0.391 e. The molecule has 0 aliphatic carbocycles. The third-order valence-electron chi connectivity index (χ3n) is 2.19. The Morgan fingerprint density at radius 2 is 1.89 bits per heavy atom. The van der Waals surface area contributed by atoms with Gasteiger partial charge in [-0.15, -0.1) is 0 Å². The Morgan fingerprint density at radius 1 is 1.33 bits per heavy atom. The van der Waals surface area contributed by atoms with Gasteiger partial charge in [0.1, 0.15) is 5.02 Å². The highest BCUT2D eigenvalue weighted by molar-refractivity contribution is 6.33. The minimum Gasteiger partial charge on any atom is -0.397 e. The smallest absolute Gasteiger partial charge is 0.391 e. The number of nitrogens with one attached hydrogen (secondary N) is 1. The van der Waals surface area contributed by atoms with Crippen LogP contribution < -0.4 is 16.8 Å². The number of nitrogen functional groups attached to an aromatic ring is 2. The molecule has 102 valence electrons. The van der Waals surface area contributed by atoms with E-state index < -0.39 is 24.5 Å². The van der Waals surface area contributed by atoms with Gasteiger partial charge in [0.15, 0.2) is 5.82 Å². The summed E-state index contributed by atoms with van der Waals surface area (Å²) in [6, 6.07) is 0.148. The van der Waals surface area contributed by atoms with E-state index in [1.54, 1.807) is 0 Å². The second kappa shape index (κ2) is 5.09. The third-order valence-corrected chi connectivity index (χ3v) is 2.58. The van der Waals surface area contributed by atoms with Crippen molar-refractivity contribution < 1.29 is 17.6 Å². The number of nitrogens with two attached hydrogens (primary N) is 2.